The van der Waals surface area contributed by atoms with Crippen LogP contribution in [0.4, 0.5) is 5.69 Å². The van der Waals surface area contributed by atoms with E-state index >= 15 is 0 Å². The van der Waals surface area contributed by atoms with E-state index in [1.165, 1.54) is 0 Å². The van der Waals surface area contributed by atoms with E-state index in [-0.39, 0.29) is 5.91 Å². The SMILES string of the molecule is CCCCC1=NC(=O)C(C)(C)CNc2ccccc21. The van der Waals surface area contributed by atoms with Gasteiger partial charge in [-0.15, -0.1) is 0 Å². The van der Waals surface area contributed by atoms with Crippen molar-refractivity contribution in [3.8, 4) is 0 Å². The first-order valence-corrected chi connectivity index (χ1v) is 7.00. The summed E-state index contributed by atoms with van der Waals surface area (Å²) in [5.74, 6) is -0.0272. The third-order valence-corrected chi connectivity index (χ3v) is 3.54. The van der Waals surface area contributed by atoms with Crippen LogP contribution in [0.1, 0.15) is 45.6 Å². The van der Waals surface area contributed by atoms with Crippen LogP contribution < -0.4 is 5.32 Å². The quantitative estimate of drug-likeness (QED) is 0.899. The van der Waals surface area contributed by atoms with Crippen LogP contribution in [0.2, 0.25) is 0 Å². The predicted octanol–water partition coefficient (Wildman–Crippen LogP) is 3.64. The van der Waals surface area contributed by atoms with Gasteiger partial charge in [0, 0.05) is 17.8 Å². The van der Waals surface area contributed by atoms with E-state index in [4.69, 9.17) is 0 Å². The van der Waals surface area contributed by atoms with Crippen LogP contribution in [-0.2, 0) is 4.79 Å². The highest BCUT2D eigenvalue weighted by molar-refractivity contribution is 6.11. The molecule has 3 nitrogen and oxygen atoms in total. The van der Waals surface area contributed by atoms with Gasteiger partial charge in [-0.1, -0.05) is 31.5 Å². The molecular formula is C16H22N2O. The Labute approximate surface area is 115 Å². The molecule has 19 heavy (non-hydrogen) atoms. The van der Waals surface area contributed by atoms with E-state index in [0.29, 0.717) is 6.54 Å². The molecule has 102 valence electrons. The molecule has 0 saturated carbocycles. The highest BCUT2D eigenvalue weighted by Gasteiger charge is 2.30. The molecule has 1 aromatic rings. The van der Waals surface area contributed by atoms with Crippen molar-refractivity contribution < 1.29 is 4.79 Å². The summed E-state index contributed by atoms with van der Waals surface area (Å²) in [6.45, 7) is 6.65. The molecule has 2 rings (SSSR count). The van der Waals surface area contributed by atoms with Crippen LogP contribution in [0.25, 0.3) is 0 Å². The minimum Gasteiger partial charge on any atom is -0.383 e. The number of carbonyl (C=O) groups is 1. The minimum atomic E-state index is -0.453. The van der Waals surface area contributed by atoms with E-state index < -0.39 is 5.41 Å². The Morgan fingerprint density at radius 2 is 2.05 bits per heavy atom. The number of unbranched alkanes of at least 4 members (excludes halogenated alkanes) is 1. The third-order valence-electron chi connectivity index (χ3n) is 3.54. The zero-order valence-corrected chi connectivity index (χ0v) is 12.0. The number of fused-ring (bicyclic) bond motifs is 1. The maximum absolute atomic E-state index is 12.2. The summed E-state index contributed by atoms with van der Waals surface area (Å²) in [6, 6.07) is 8.12. The van der Waals surface area contributed by atoms with Crippen molar-refractivity contribution in [2.24, 2.45) is 10.4 Å². The van der Waals surface area contributed by atoms with Gasteiger partial charge >= 0.3 is 0 Å². The molecule has 1 heterocycles. The lowest BCUT2D eigenvalue weighted by Gasteiger charge is -2.26. The maximum atomic E-state index is 12.2. The second-order valence-electron chi connectivity index (χ2n) is 5.75. The first-order chi connectivity index (χ1) is 9.04. The van der Waals surface area contributed by atoms with Crippen LogP contribution in [0.5, 0.6) is 0 Å². The number of nitrogens with zero attached hydrogens (tertiary/aromatic N) is 1. The van der Waals surface area contributed by atoms with Gasteiger partial charge in [-0.25, -0.2) is 4.99 Å². The van der Waals surface area contributed by atoms with E-state index in [2.05, 4.69) is 23.3 Å². The van der Waals surface area contributed by atoms with Crippen molar-refractivity contribution in [2.75, 3.05) is 11.9 Å². The normalized spacial score (nSPS) is 17.8. The Morgan fingerprint density at radius 3 is 2.79 bits per heavy atom. The van der Waals surface area contributed by atoms with Crippen LogP contribution >= 0.6 is 0 Å². The molecule has 1 aromatic carbocycles. The maximum Gasteiger partial charge on any atom is 0.253 e. The van der Waals surface area contributed by atoms with Gasteiger partial charge in [0.15, 0.2) is 0 Å². The number of benzene rings is 1. The molecule has 1 N–H and O–H groups in total. The molecule has 1 aliphatic rings. The summed E-state index contributed by atoms with van der Waals surface area (Å²) in [4.78, 5) is 16.6. The topological polar surface area (TPSA) is 41.5 Å². The largest absolute Gasteiger partial charge is 0.383 e. The van der Waals surface area contributed by atoms with Gasteiger partial charge in [0.25, 0.3) is 5.91 Å². The van der Waals surface area contributed by atoms with Crippen LogP contribution in [0.3, 0.4) is 0 Å². The van der Waals surface area contributed by atoms with Gasteiger partial charge in [0.1, 0.15) is 0 Å². The fourth-order valence-corrected chi connectivity index (χ4v) is 2.15. The molecule has 0 aliphatic carbocycles. The Balaban J connectivity index is 2.44. The average molecular weight is 258 g/mol. The van der Waals surface area contributed by atoms with Crippen LogP contribution in [-0.4, -0.2) is 18.2 Å². The van der Waals surface area contributed by atoms with Crippen LogP contribution in [0.15, 0.2) is 29.3 Å². The molecule has 0 bridgehead atoms. The predicted molar refractivity (Wildman–Crippen MR) is 79.8 cm³/mol. The molecule has 0 spiro atoms. The summed E-state index contributed by atoms with van der Waals surface area (Å²) >= 11 is 0. The molecule has 0 atom stereocenters. The van der Waals surface area contributed by atoms with Crippen molar-refractivity contribution in [2.45, 2.75) is 40.0 Å². The Bertz CT molecular complexity index is 503. The molecule has 0 saturated heterocycles. The molecule has 0 radical (unpaired) electrons. The van der Waals surface area contributed by atoms with Gasteiger partial charge in [-0.05, 0) is 32.8 Å². The second kappa shape index (κ2) is 5.55. The van der Waals surface area contributed by atoms with Crippen molar-refractivity contribution in [1.82, 2.24) is 0 Å². The highest BCUT2D eigenvalue weighted by Crippen LogP contribution is 2.26. The lowest BCUT2D eigenvalue weighted by molar-refractivity contribution is -0.125. The zero-order chi connectivity index (χ0) is 13.9. The molecule has 3 heteroatoms. The summed E-state index contributed by atoms with van der Waals surface area (Å²) in [5, 5.41) is 3.39. The van der Waals surface area contributed by atoms with Gasteiger partial charge in [0.05, 0.1) is 11.1 Å². The van der Waals surface area contributed by atoms with Gasteiger partial charge in [-0.2, -0.15) is 0 Å². The number of nitrogens with one attached hydrogen (secondary N) is 1. The Morgan fingerprint density at radius 1 is 1.32 bits per heavy atom. The van der Waals surface area contributed by atoms with Crippen molar-refractivity contribution in [1.29, 1.82) is 0 Å². The number of aliphatic imine (C=N–C) groups is 1. The summed E-state index contributed by atoms with van der Waals surface area (Å²) in [5.41, 5.74) is 2.62. The zero-order valence-electron chi connectivity index (χ0n) is 12.0. The lowest BCUT2D eigenvalue weighted by atomic mass is 9.90. The molecule has 0 unspecified atom stereocenters. The van der Waals surface area contributed by atoms with Crippen molar-refractivity contribution >= 4 is 17.3 Å². The van der Waals surface area contributed by atoms with Gasteiger partial charge < -0.3 is 5.32 Å². The molecular weight excluding hydrogens is 236 g/mol. The first kappa shape index (κ1) is 13.8. The number of carbonyl (C=O) groups excluding carboxylic acids is 1. The number of amides is 1. The first-order valence-electron chi connectivity index (χ1n) is 7.00. The molecule has 0 aromatic heterocycles. The molecule has 1 aliphatic heterocycles. The van der Waals surface area contributed by atoms with E-state index in [0.717, 1.165) is 36.2 Å². The smallest absolute Gasteiger partial charge is 0.253 e. The van der Waals surface area contributed by atoms with E-state index in [9.17, 15) is 4.79 Å². The van der Waals surface area contributed by atoms with Gasteiger partial charge in [0.2, 0.25) is 0 Å². The Hall–Kier alpha value is -1.64. The lowest BCUT2D eigenvalue weighted by Crippen LogP contribution is -2.33. The number of rotatable bonds is 3. The standard InChI is InChI=1S/C16H22N2O/c1-4-5-9-14-12-8-6-7-10-13(12)17-11-16(2,3)15(19)18-14/h6-8,10,17H,4-5,9,11H2,1-3H3. The average Bonchev–Trinajstić information content (AvgIpc) is 2.40. The number of hydrogen-bond acceptors (Lipinski definition) is 2. The van der Waals surface area contributed by atoms with Gasteiger partial charge in [-0.3, -0.25) is 4.79 Å². The number of hydrogen-bond donors (Lipinski definition) is 1. The Kier molecular flexibility index (Phi) is 4.03. The summed E-state index contributed by atoms with van der Waals surface area (Å²) < 4.78 is 0. The number of para-hydroxylation sites is 1. The molecule has 1 amide bonds. The highest BCUT2D eigenvalue weighted by atomic mass is 16.1. The summed E-state index contributed by atoms with van der Waals surface area (Å²) in [7, 11) is 0. The minimum absolute atomic E-state index is 0.0272. The third kappa shape index (κ3) is 3.03. The van der Waals surface area contributed by atoms with E-state index in [1.54, 1.807) is 0 Å². The fraction of sp³-hybridized carbons (Fsp3) is 0.500. The van der Waals surface area contributed by atoms with E-state index in [1.807, 2.05) is 32.0 Å². The monoisotopic (exact) mass is 258 g/mol. The number of anilines is 1. The van der Waals surface area contributed by atoms with Crippen molar-refractivity contribution in [3.63, 3.8) is 0 Å². The fourth-order valence-electron chi connectivity index (χ4n) is 2.15. The molecule has 0 fully saturated rings. The second-order valence-corrected chi connectivity index (χ2v) is 5.75. The summed E-state index contributed by atoms with van der Waals surface area (Å²) in [6.07, 6.45) is 3.02. The van der Waals surface area contributed by atoms with Crippen LogP contribution in [0, 0.1) is 5.41 Å². The van der Waals surface area contributed by atoms with Crippen molar-refractivity contribution in [3.05, 3.63) is 29.8 Å².